The average Bonchev–Trinajstić information content (AvgIpc) is 3.21. The topological polar surface area (TPSA) is 61.9 Å². The van der Waals surface area contributed by atoms with Gasteiger partial charge in [-0.3, -0.25) is 4.79 Å². The van der Waals surface area contributed by atoms with E-state index in [2.05, 4.69) is 19.2 Å². The second kappa shape index (κ2) is 8.48. The highest BCUT2D eigenvalue weighted by Gasteiger charge is 2.31. The maximum atomic E-state index is 12.5. The number of amides is 3. The normalized spacial score (nSPS) is 20.6. The lowest BCUT2D eigenvalue weighted by atomic mass is 9.85. The molecule has 27 heavy (non-hydrogen) atoms. The van der Waals surface area contributed by atoms with Gasteiger partial charge in [-0.05, 0) is 30.5 Å². The van der Waals surface area contributed by atoms with Crippen LogP contribution in [0.4, 0.5) is 4.79 Å². The van der Waals surface area contributed by atoms with Crippen molar-refractivity contribution in [2.24, 2.45) is 0 Å². The van der Waals surface area contributed by atoms with Crippen LogP contribution in [0, 0.1) is 0 Å². The van der Waals surface area contributed by atoms with E-state index in [-0.39, 0.29) is 23.5 Å². The molecule has 3 amide bonds. The third-order valence-corrected chi connectivity index (χ3v) is 5.64. The van der Waals surface area contributed by atoms with Crippen molar-refractivity contribution in [1.82, 2.24) is 15.1 Å². The number of halogens is 1. The molecule has 2 fully saturated rings. The third kappa shape index (κ3) is 4.93. The number of urea groups is 1. The van der Waals surface area contributed by atoms with Crippen molar-refractivity contribution < 1.29 is 14.3 Å². The molecule has 2 aliphatic heterocycles. The van der Waals surface area contributed by atoms with Gasteiger partial charge in [0, 0.05) is 49.8 Å². The zero-order chi connectivity index (χ0) is 19.4. The van der Waals surface area contributed by atoms with E-state index in [4.69, 9.17) is 16.3 Å². The molecule has 148 valence electrons. The highest BCUT2D eigenvalue weighted by molar-refractivity contribution is 6.30. The maximum absolute atomic E-state index is 12.5. The van der Waals surface area contributed by atoms with Crippen molar-refractivity contribution >= 4 is 23.5 Å². The number of hydrogen-bond acceptors (Lipinski definition) is 3. The molecule has 0 spiro atoms. The Labute approximate surface area is 165 Å². The number of hydrogen-bond donors (Lipinski definition) is 1. The fourth-order valence-electron chi connectivity index (χ4n) is 3.52. The van der Waals surface area contributed by atoms with E-state index < -0.39 is 0 Å². The summed E-state index contributed by atoms with van der Waals surface area (Å²) in [6, 6.07) is 7.63. The Morgan fingerprint density at radius 3 is 2.37 bits per heavy atom. The molecule has 7 heteroatoms. The Morgan fingerprint density at radius 1 is 1.15 bits per heavy atom. The quantitative estimate of drug-likeness (QED) is 0.855. The molecule has 1 atom stereocenters. The van der Waals surface area contributed by atoms with E-state index in [9.17, 15) is 9.59 Å². The molecular formula is C20H28ClN3O3. The Balaban J connectivity index is 1.46. The minimum atomic E-state index is -0.287. The number of benzene rings is 1. The van der Waals surface area contributed by atoms with Crippen molar-refractivity contribution in [2.45, 2.75) is 38.2 Å². The molecule has 1 aromatic rings. The summed E-state index contributed by atoms with van der Waals surface area (Å²) < 4.78 is 5.48. The van der Waals surface area contributed by atoms with Crippen molar-refractivity contribution in [3.63, 3.8) is 0 Å². The van der Waals surface area contributed by atoms with Crippen molar-refractivity contribution in [3.05, 3.63) is 34.9 Å². The molecule has 1 aromatic carbocycles. The molecule has 2 heterocycles. The number of rotatable bonds is 4. The van der Waals surface area contributed by atoms with Crippen molar-refractivity contribution in [3.8, 4) is 0 Å². The van der Waals surface area contributed by atoms with Crippen LogP contribution in [0.5, 0.6) is 0 Å². The summed E-state index contributed by atoms with van der Waals surface area (Å²) in [4.78, 5) is 28.5. The van der Waals surface area contributed by atoms with Gasteiger partial charge in [-0.2, -0.15) is 0 Å². The summed E-state index contributed by atoms with van der Waals surface area (Å²) in [6.07, 6.45) is 1.46. The lowest BCUT2D eigenvalue weighted by Gasteiger charge is -2.36. The van der Waals surface area contributed by atoms with Gasteiger partial charge in [-0.25, -0.2) is 4.79 Å². The Hall–Kier alpha value is -1.79. The van der Waals surface area contributed by atoms with Crippen LogP contribution in [0.25, 0.3) is 0 Å². The Kier molecular flexibility index (Phi) is 6.27. The number of carbonyl (C=O) groups is 2. The van der Waals surface area contributed by atoms with Crippen LogP contribution in [-0.2, 0) is 14.9 Å². The number of nitrogens with one attached hydrogen (secondary N) is 1. The van der Waals surface area contributed by atoms with Crippen LogP contribution in [0.2, 0.25) is 5.02 Å². The minimum absolute atomic E-state index is 0.0661. The molecule has 1 unspecified atom stereocenters. The number of ether oxygens (including phenoxy) is 1. The van der Waals surface area contributed by atoms with E-state index in [1.54, 1.807) is 4.90 Å². The molecule has 0 aromatic heterocycles. The van der Waals surface area contributed by atoms with Gasteiger partial charge >= 0.3 is 6.03 Å². The third-order valence-electron chi connectivity index (χ3n) is 5.39. The second-order valence-corrected chi connectivity index (χ2v) is 8.30. The van der Waals surface area contributed by atoms with Crippen LogP contribution in [-0.4, -0.2) is 67.2 Å². The van der Waals surface area contributed by atoms with Crippen LogP contribution >= 0.6 is 11.6 Å². The van der Waals surface area contributed by atoms with E-state index >= 15 is 0 Å². The standard InChI is InChI=1S/C20H28ClN3O3/c1-20(2,15-5-7-16(21)8-6-15)14-22-19(26)24-11-9-23(10-12-24)18(25)17-4-3-13-27-17/h5-8,17H,3-4,9-14H2,1-2H3,(H,22,26). The molecule has 2 saturated heterocycles. The smallest absolute Gasteiger partial charge is 0.317 e. The lowest BCUT2D eigenvalue weighted by molar-refractivity contribution is -0.142. The summed E-state index contributed by atoms with van der Waals surface area (Å²) in [6.45, 7) is 7.60. The van der Waals surface area contributed by atoms with Gasteiger partial charge in [-0.1, -0.05) is 37.6 Å². The molecule has 0 saturated carbocycles. The number of carbonyl (C=O) groups excluding carboxylic acids is 2. The SMILES string of the molecule is CC(C)(CNC(=O)N1CCN(C(=O)C2CCCO2)CC1)c1ccc(Cl)cc1. The predicted molar refractivity (Wildman–Crippen MR) is 105 cm³/mol. The van der Waals surface area contributed by atoms with E-state index in [0.29, 0.717) is 44.4 Å². The molecule has 0 radical (unpaired) electrons. The monoisotopic (exact) mass is 393 g/mol. The van der Waals surface area contributed by atoms with Crippen LogP contribution < -0.4 is 5.32 Å². The molecule has 3 rings (SSSR count). The molecule has 0 bridgehead atoms. The fourth-order valence-corrected chi connectivity index (χ4v) is 3.64. The average molecular weight is 394 g/mol. The van der Waals surface area contributed by atoms with Gasteiger partial charge in [0.25, 0.3) is 5.91 Å². The molecule has 6 nitrogen and oxygen atoms in total. The zero-order valence-corrected chi connectivity index (χ0v) is 16.8. The lowest BCUT2D eigenvalue weighted by Crippen LogP contribution is -2.55. The van der Waals surface area contributed by atoms with Gasteiger partial charge in [0.15, 0.2) is 0 Å². The fraction of sp³-hybridized carbons (Fsp3) is 0.600. The number of piperazine rings is 1. The van der Waals surface area contributed by atoms with E-state index in [1.807, 2.05) is 29.2 Å². The zero-order valence-electron chi connectivity index (χ0n) is 16.0. The summed E-state index contributed by atoms with van der Waals surface area (Å²) >= 11 is 5.95. The van der Waals surface area contributed by atoms with Crippen molar-refractivity contribution in [2.75, 3.05) is 39.3 Å². The first-order valence-electron chi connectivity index (χ1n) is 9.56. The second-order valence-electron chi connectivity index (χ2n) is 7.86. The maximum Gasteiger partial charge on any atom is 0.317 e. The molecule has 2 aliphatic rings. The Morgan fingerprint density at radius 2 is 1.78 bits per heavy atom. The van der Waals surface area contributed by atoms with Crippen LogP contribution in [0.1, 0.15) is 32.3 Å². The summed E-state index contributed by atoms with van der Waals surface area (Å²) in [5, 5.41) is 3.73. The van der Waals surface area contributed by atoms with E-state index in [1.165, 1.54) is 0 Å². The van der Waals surface area contributed by atoms with Crippen LogP contribution in [0.3, 0.4) is 0 Å². The first-order valence-corrected chi connectivity index (χ1v) is 9.94. The van der Waals surface area contributed by atoms with Crippen LogP contribution in [0.15, 0.2) is 24.3 Å². The van der Waals surface area contributed by atoms with Crippen molar-refractivity contribution in [1.29, 1.82) is 0 Å². The highest BCUT2D eigenvalue weighted by Crippen LogP contribution is 2.24. The highest BCUT2D eigenvalue weighted by atomic mass is 35.5. The van der Waals surface area contributed by atoms with Gasteiger partial charge < -0.3 is 19.9 Å². The molecule has 0 aliphatic carbocycles. The largest absolute Gasteiger partial charge is 0.368 e. The summed E-state index contributed by atoms with van der Waals surface area (Å²) in [7, 11) is 0. The molecule has 1 N–H and O–H groups in total. The Bertz CT molecular complexity index is 664. The predicted octanol–water partition coefficient (Wildman–Crippen LogP) is 2.65. The van der Waals surface area contributed by atoms with Gasteiger partial charge in [0.05, 0.1) is 0 Å². The van der Waals surface area contributed by atoms with Gasteiger partial charge in [0.2, 0.25) is 0 Å². The first kappa shape index (κ1) is 20.0. The van der Waals surface area contributed by atoms with E-state index in [0.717, 1.165) is 18.4 Å². The number of nitrogens with zero attached hydrogens (tertiary/aromatic N) is 2. The first-order chi connectivity index (χ1) is 12.9. The van der Waals surface area contributed by atoms with Gasteiger partial charge in [0.1, 0.15) is 6.10 Å². The minimum Gasteiger partial charge on any atom is -0.368 e. The summed E-state index contributed by atoms with van der Waals surface area (Å²) in [5.74, 6) is 0.0661. The molecular weight excluding hydrogens is 366 g/mol. The summed E-state index contributed by atoms with van der Waals surface area (Å²) in [5.41, 5.74) is 0.928. The van der Waals surface area contributed by atoms with Gasteiger partial charge in [-0.15, -0.1) is 0 Å².